The van der Waals surface area contributed by atoms with Crippen molar-refractivity contribution in [1.82, 2.24) is 10.3 Å². The van der Waals surface area contributed by atoms with Crippen molar-refractivity contribution in [1.29, 1.82) is 0 Å². The van der Waals surface area contributed by atoms with Gasteiger partial charge in [-0.1, -0.05) is 6.07 Å². The van der Waals surface area contributed by atoms with Crippen LogP contribution >= 0.6 is 0 Å². The summed E-state index contributed by atoms with van der Waals surface area (Å²) in [5.74, 6) is 0.421. The maximum absolute atomic E-state index is 10.5. The quantitative estimate of drug-likeness (QED) is 0.797. The van der Waals surface area contributed by atoms with Crippen molar-refractivity contribution in [3.63, 3.8) is 0 Å². The average Bonchev–Trinajstić information content (AvgIpc) is 2.65. The first kappa shape index (κ1) is 17.6. The third-order valence-corrected chi connectivity index (χ3v) is 4.14. The van der Waals surface area contributed by atoms with Crippen LogP contribution in [0.1, 0.15) is 34.6 Å². The number of nitrogens with one attached hydrogen (secondary N) is 1. The highest BCUT2D eigenvalue weighted by Crippen LogP contribution is 2.36. The molecule has 1 aromatic heterocycles. The average molecular weight is 322 g/mol. The smallest absolute Gasteiger partial charge is 0.475 e. The molecule has 0 spiro atoms. The van der Waals surface area contributed by atoms with Crippen LogP contribution in [0, 0.1) is 0 Å². The van der Waals surface area contributed by atoms with Gasteiger partial charge in [-0.05, 0) is 40.7 Å². The van der Waals surface area contributed by atoms with Crippen LogP contribution in [-0.2, 0) is 9.31 Å². The van der Waals surface area contributed by atoms with Gasteiger partial charge in [-0.2, -0.15) is 0 Å². The molecule has 1 fully saturated rings. The van der Waals surface area contributed by atoms with Crippen LogP contribution in [0.3, 0.4) is 0 Å². The number of amides is 1. The second-order valence-corrected chi connectivity index (χ2v) is 6.68. The molecule has 0 bridgehead atoms. The molecule has 0 unspecified atom stereocenters. The van der Waals surface area contributed by atoms with Gasteiger partial charge in [0.15, 0.2) is 0 Å². The van der Waals surface area contributed by atoms with Crippen LogP contribution in [0.4, 0.5) is 4.79 Å². The largest absolute Gasteiger partial charge is 0.496 e. The van der Waals surface area contributed by atoms with E-state index in [1.807, 2.05) is 33.8 Å². The molecule has 1 saturated heterocycles. The summed E-state index contributed by atoms with van der Waals surface area (Å²) >= 11 is 0. The normalized spacial score (nSPS) is 20.1. The summed E-state index contributed by atoms with van der Waals surface area (Å²) < 4.78 is 17.4. The summed E-state index contributed by atoms with van der Waals surface area (Å²) in [6, 6.07) is 3.23. The fourth-order valence-corrected chi connectivity index (χ4v) is 2.06. The van der Waals surface area contributed by atoms with Crippen LogP contribution in [-0.4, -0.2) is 47.2 Å². The van der Waals surface area contributed by atoms with Gasteiger partial charge in [-0.25, -0.2) is 9.78 Å². The first-order valence-corrected chi connectivity index (χ1v) is 7.54. The molecule has 2 N–H and O–H groups in total. The summed E-state index contributed by atoms with van der Waals surface area (Å²) in [5, 5.41) is 10.9. The van der Waals surface area contributed by atoms with Gasteiger partial charge in [0.1, 0.15) is 6.61 Å². The predicted octanol–water partition coefficient (Wildman–Crippen LogP) is 1.42. The lowest BCUT2D eigenvalue weighted by molar-refractivity contribution is 0.00578. The molecular formula is C15H23BN2O5. The van der Waals surface area contributed by atoms with Gasteiger partial charge in [0.05, 0.1) is 17.2 Å². The molecule has 1 amide bonds. The number of ether oxygens (including phenoxy) is 1. The molecule has 0 aromatic carbocycles. The van der Waals surface area contributed by atoms with Crippen molar-refractivity contribution in [2.24, 2.45) is 0 Å². The van der Waals surface area contributed by atoms with E-state index in [9.17, 15) is 4.79 Å². The summed E-state index contributed by atoms with van der Waals surface area (Å²) in [4.78, 5) is 14.7. The molecular weight excluding hydrogens is 299 g/mol. The van der Waals surface area contributed by atoms with Gasteiger partial charge in [-0.3, -0.25) is 0 Å². The van der Waals surface area contributed by atoms with Crippen molar-refractivity contribution in [2.75, 3.05) is 6.61 Å². The molecule has 1 atom stereocenters. The van der Waals surface area contributed by atoms with Crippen molar-refractivity contribution in [3.8, 4) is 5.88 Å². The highest BCUT2D eigenvalue weighted by Gasteiger charge is 2.51. The lowest BCUT2D eigenvalue weighted by atomic mass is 9.80. The molecule has 2 rings (SSSR count). The Morgan fingerprint density at radius 2 is 1.96 bits per heavy atom. The highest BCUT2D eigenvalue weighted by molar-refractivity contribution is 6.62. The predicted molar refractivity (Wildman–Crippen MR) is 86.1 cm³/mol. The minimum atomic E-state index is -1.08. The van der Waals surface area contributed by atoms with Gasteiger partial charge < -0.3 is 24.5 Å². The molecule has 126 valence electrons. The van der Waals surface area contributed by atoms with E-state index in [2.05, 4.69) is 10.3 Å². The van der Waals surface area contributed by atoms with E-state index < -0.39 is 24.4 Å². The molecule has 7 nitrogen and oxygen atoms in total. The third kappa shape index (κ3) is 4.14. The Morgan fingerprint density at radius 1 is 1.35 bits per heavy atom. The SMILES string of the molecule is C[C@@H](COc1ccc(B2OC(C)(C)C(C)(C)O2)cn1)NC(=O)O. The number of carboxylic acid groups (broad SMARTS) is 1. The van der Waals surface area contributed by atoms with Crippen LogP contribution in [0.25, 0.3) is 0 Å². The fraction of sp³-hybridized carbons (Fsp3) is 0.600. The van der Waals surface area contributed by atoms with Crippen molar-refractivity contribution >= 4 is 18.7 Å². The maximum Gasteiger partial charge on any atom is 0.496 e. The minimum Gasteiger partial charge on any atom is -0.475 e. The van der Waals surface area contributed by atoms with Crippen LogP contribution in [0.5, 0.6) is 5.88 Å². The number of rotatable bonds is 5. The third-order valence-electron chi connectivity index (χ3n) is 4.14. The van der Waals surface area contributed by atoms with Gasteiger partial charge in [0, 0.05) is 11.7 Å². The van der Waals surface area contributed by atoms with E-state index in [0.717, 1.165) is 5.46 Å². The number of aromatic nitrogens is 1. The Balaban J connectivity index is 1.94. The topological polar surface area (TPSA) is 89.9 Å². The van der Waals surface area contributed by atoms with Crippen LogP contribution in [0.15, 0.2) is 18.3 Å². The molecule has 0 radical (unpaired) electrons. The van der Waals surface area contributed by atoms with E-state index in [1.54, 1.807) is 19.2 Å². The van der Waals surface area contributed by atoms with Crippen molar-refractivity contribution < 1.29 is 23.9 Å². The van der Waals surface area contributed by atoms with Crippen LogP contribution < -0.4 is 15.5 Å². The first-order valence-electron chi connectivity index (χ1n) is 7.54. The zero-order chi connectivity index (χ0) is 17.3. The van der Waals surface area contributed by atoms with Gasteiger partial charge >= 0.3 is 13.2 Å². The Labute approximate surface area is 136 Å². The van der Waals surface area contributed by atoms with E-state index in [4.69, 9.17) is 19.2 Å². The van der Waals surface area contributed by atoms with Crippen molar-refractivity contribution in [2.45, 2.75) is 51.9 Å². The minimum absolute atomic E-state index is 0.204. The summed E-state index contributed by atoms with van der Waals surface area (Å²) in [5.41, 5.74) is 0.0166. The first-order chi connectivity index (χ1) is 10.6. The van der Waals surface area contributed by atoms with Gasteiger partial charge in [0.2, 0.25) is 5.88 Å². The summed E-state index contributed by atoms with van der Waals surface area (Å²) in [6.07, 6.45) is 0.567. The number of hydrogen-bond donors (Lipinski definition) is 2. The standard InChI is InChI=1S/C15H23BN2O5/c1-10(18-13(19)20)9-21-12-7-6-11(8-17-12)16-22-14(2,3)15(4,5)23-16/h6-8,10,18H,9H2,1-5H3,(H,19,20)/t10-/m0/s1. The number of nitrogens with zero attached hydrogens (tertiary/aromatic N) is 1. The Morgan fingerprint density at radius 3 is 2.43 bits per heavy atom. The number of carbonyl (C=O) groups is 1. The van der Waals surface area contributed by atoms with E-state index in [0.29, 0.717) is 5.88 Å². The summed E-state index contributed by atoms with van der Waals surface area (Å²) in [6.45, 7) is 9.90. The lowest BCUT2D eigenvalue weighted by Gasteiger charge is -2.32. The molecule has 1 aromatic rings. The fourth-order valence-electron chi connectivity index (χ4n) is 2.06. The lowest BCUT2D eigenvalue weighted by Crippen LogP contribution is -2.41. The molecule has 23 heavy (non-hydrogen) atoms. The van der Waals surface area contributed by atoms with Crippen LogP contribution in [0.2, 0.25) is 0 Å². The molecule has 2 heterocycles. The summed E-state index contributed by atoms with van der Waals surface area (Å²) in [7, 11) is -0.464. The molecule has 8 heteroatoms. The van der Waals surface area contributed by atoms with Gasteiger partial charge in [0.25, 0.3) is 0 Å². The Kier molecular flexibility index (Phi) is 4.86. The zero-order valence-electron chi connectivity index (χ0n) is 14.1. The van der Waals surface area contributed by atoms with Gasteiger partial charge in [-0.15, -0.1) is 0 Å². The molecule has 0 aliphatic carbocycles. The molecule has 1 aliphatic rings. The second kappa shape index (κ2) is 6.37. The van der Waals surface area contributed by atoms with E-state index >= 15 is 0 Å². The monoisotopic (exact) mass is 322 g/mol. The zero-order valence-corrected chi connectivity index (χ0v) is 14.1. The highest BCUT2D eigenvalue weighted by atomic mass is 16.7. The van der Waals surface area contributed by atoms with E-state index in [-0.39, 0.29) is 12.6 Å². The van der Waals surface area contributed by atoms with Crippen molar-refractivity contribution in [3.05, 3.63) is 18.3 Å². The Hall–Kier alpha value is -1.80. The Bertz CT molecular complexity index is 545. The number of pyridine rings is 1. The molecule has 1 aliphatic heterocycles. The number of hydrogen-bond acceptors (Lipinski definition) is 5. The maximum atomic E-state index is 10.5. The second-order valence-electron chi connectivity index (χ2n) is 6.68. The van der Waals surface area contributed by atoms with E-state index in [1.165, 1.54) is 0 Å². The molecule has 0 saturated carbocycles.